The number of nitrogens with zero attached hydrogens (tertiary/aromatic N) is 1. The van der Waals surface area contributed by atoms with Gasteiger partial charge in [0.1, 0.15) is 5.75 Å². The number of hydrogen-bond donors (Lipinski definition) is 1. The van der Waals surface area contributed by atoms with E-state index in [-0.39, 0.29) is 11.9 Å². The van der Waals surface area contributed by atoms with E-state index in [1.165, 1.54) is 0 Å². The molecule has 0 aliphatic carbocycles. The van der Waals surface area contributed by atoms with Gasteiger partial charge in [-0.1, -0.05) is 11.6 Å². The smallest absolute Gasteiger partial charge is 0.239 e. The van der Waals surface area contributed by atoms with Crippen LogP contribution in [-0.2, 0) is 17.8 Å². The van der Waals surface area contributed by atoms with Crippen LogP contribution >= 0.6 is 11.6 Å². The zero-order chi connectivity index (χ0) is 14.7. The third-order valence-electron chi connectivity index (χ3n) is 3.65. The molecule has 0 radical (unpaired) electrons. The van der Waals surface area contributed by atoms with Crippen LogP contribution in [0.5, 0.6) is 5.75 Å². The highest BCUT2D eigenvalue weighted by Crippen LogP contribution is 2.32. The van der Waals surface area contributed by atoms with Crippen molar-refractivity contribution in [2.45, 2.75) is 32.9 Å². The third-order valence-corrected chi connectivity index (χ3v) is 3.86. The van der Waals surface area contributed by atoms with E-state index < -0.39 is 0 Å². The Balaban J connectivity index is 2.03. The molecule has 2 rings (SSSR count). The minimum atomic E-state index is -0.226. The van der Waals surface area contributed by atoms with Gasteiger partial charge >= 0.3 is 0 Å². The molecular formula is C15H21ClN2O2. The number of ether oxygens (including phenoxy) is 1. The highest BCUT2D eigenvalue weighted by molar-refractivity contribution is 6.30. The van der Waals surface area contributed by atoms with Crippen LogP contribution in [0.1, 0.15) is 25.0 Å². The lowest BCUT2D eigenvalue weighted by molar-refractivity contribution is -0.131. The Bertz CT molecular complexity index is 505. The van der Waals surface area contributed by atoms with Gasteiger partial charge in [-0.3, -0.25) is 4.79 Å². The lowest BCUT2D eigenvalue weighted by Gasteiger charge is -2.21. The lowest BCUT2D eigenvalue weighted by Crippen LogP contribution is -2.42. The number of benzene rings is 1. The zero-order valence-corrected chi connectivity index (χ0v) is 13.0. The van der Waals surface area contributed by atoms with Gasteiger partial charge in [-0.25, -0.2) is 0 Å². The van der Waals surface area contributed by atoms with Crippen LogP contribution in [0.25, 0.3) is 0 Å². The average Bonchev–Trinajstić information content (AvgIpc) is 2.90. The van der Waals surface area contributed by atoms with Crippen LogP contribution in [0.15, 0.2) is 12.1 Å². The lowest BCUT2D eigenvalue weighted by atomic mass is 10.1. The van der Waals surface area contributed by atoms with Gasteiger partial charge in [0.25, 0.3) is 0 Å². The van der Waals surface area contributed by atoms with E-state index in [9.17, 15) is 4.79 Å². The number of carbonyl (C=O) groups excluding carboxylic acids is 1. The Morgan fingerprint density at radius 2 is 2.30 bits per heavy atom. The van der Waals surface area contributed by atoms with Gasteiger partial charge in [-0.05, 0) is 31.5 Å². The van der Waals surface area contributed by atoms with Crippen LogP contribution < -0.4 is 10.1 Å². The van der Waals surface area contributed by atoms with Crippen LogP contribution in [0.3, 0.4) is 0 Å². The molecule has 20 heavy (non-hydrogen) atoms. The first-order chi connectivity index (χ1) is 9.52. The number of amides is 1. The van der Waals surface area contributed by atoms with Crippen molar-refractivity contribution >= 4 is 17.5 Å². The molecule has 0 saturated carbocycles. The minimum absolute atomic E-state index is 0.0899. The molecule has 1 unspecified atom stereocenters. The van der Waals surface area contributed by atoms with Crippen molar-refractivity contribution in [1.82, 2.24) is 10.2 Å². The van der Waals surface area contributed by atoms with E-state index in [0.29, 0.717) is 19.7 Å². The first-order valence-electron chi connectivity index (χ1n) is 6.95. The molecule has 1 aromatic carbocycles. The molecular weight excluding hydrogens is 276 g/mol. The monoisotopic (exact) mass is 296 g/mol. The SMILES string of the molecule is CCN(C)C(=O)C(C)NCc1cc(Cl)cc2c1OCC2. The molecule has 0 bridgehead atoms. The van der Waals surface area contributed by atoms with Gasteiger partial charge in [-0.2, -0.15) is 0 Å². The number of rotatable bonds is 5. The Morgan fingerprint density at radius 3 is 3.00 bits per heavy atom. The second kappa shape index (κ2) is 6.46. The Labute approximate surface area is 125 Å². The number of carbonyl (C=O) groups is 1. The molecule has 0 aromatic heterocycles. The maximum atomic E-state index is 12.0. The molecule has 1 amide bonds. The molecule has 4 nitrogen and oxygen atoms in total. The summed E-state index contributed by atoms with van der Waals surface area (Å²) in [7, 11) is 1.81. The largest absolute Gasteiger partial charge is 0.493 e. The first-order valence-corrected chi connectivity index (χ1v) is 7.33. The number of nitrogens with one attached hydrogen (secondary N) is 1. The van der Waals surface area contributed by atoms with Crippen molar-refractivity contribution in [3.63, 3.8) is 0 Å². The van der Waals surface area contributed by atoms with Crippen molar-refractivity contribution < 1.29 is 9.53 Å². The fourth-order valence-electron chi connectivity index (χ4n) is 2.31. The fourth-order valence-corrected chi connectivity index (χ4v) is 2.58. The summed E-state index contributed by atoms with van der Waals surface area (Å²) in [6, 6.07) is 3.63. The third kappa shape index (κ3) is 3.25. The number of halogens is 1. The average molecular weight is 297 g/mol. The summed E-state index contributed by atoms with van der Waals surface area (Å²) in [6.07, 6.45) is 0.899. The Morgan fingerprint density at radius 1 is 1.55 bits per heavy atom. The van der Waals surface area contributed by atoms with Gasteiger partial charge in [0, 0.05) is 37.1 Å². The standard InChI is InChI=1S/C15H21ClN2O2/c1-4-18(3)15(19)10(2)17-9-12-8-13(16)7-11-5-6-20-14(11)12/h7-8,10,17H,4-6,9H2,1-3H3. The molecule has 1 aromatic rings. The molecule has 0 spiro atoms. The van der Waals surface area contributed by atoms with Gasteiger partial charge in [-0.15, -0.1) is 0 Å². The maximum absolute atomic E-state index is 12.0. The summed E-state index contributed by atoms with van der Waals surface area (Å²) < 4.78 is 5.65. The topological polar surface area (TPSA) is 41.6 Å². The van der Waals surface area contributed by atoms with Gasteiger partial charge < -0.3 is 15.0 Å². The van der Waals surface area contributed by atoms with Crippen LogP contribution in [0, 0.1) is 0 Å². The molecule has 1 aliphatic heterocycles. The summed E-state index contributed by atoms with van der Waals surface area (Å²) in [5.74, 6) is 1.01. The molecule has 1 aliphatic rings. The van der Waals surface area contributed by atoms with Crippen molar-refractivity contribution in [2.75, 3.05) is 20.2 Å². The second-order valence-electron chi connectivity index (χ2n) is 5.11. The van der Waals surface area contributed by atoms with E-state index in [4.69, 9.17) is 16.3 Å². The number of hydrogen-bond acceptors (Lipinski definition) is 3. The first kappa shape index (κ1) is 15.1. The van der Waals surface area contributed by atoms with Crippen molar-refractivity contribution in [1.29, 1.82) is 0 Å². The molecule has 1 heterocycles. The van der Waals surface area contributed by atoms with E-state index >= 15 is 0 Å². The van der Waals surface area contributed by atoms with Crippen LogP contribution in [0.2, 0.25) is 5.02 Å². The van der Waals surface area contributed by atoms with Crippen LogP contribution in [-0.4, -0.2) is 37.0 Å². The predicted octanol–water partition coefficient (Wildman–Crippen LogP) is 2.23. The summed E-state index contributed by atoms with van der Waals surface area (Å²) in [6.45, 7) is 5.83. The van der Waals surface area contributed by atoms with E-state index in [1.54, 1.807) is 11.9 Å². The summed E-state index contributed by atoms with van der Waals surface area (Å²) in [5.41, 5.74) is 2.17. The second-order valence-corrected chi connectivity index (χ2v) is 5.54. The van der Waals surface area contributed by atoms with Crippen molar-refractivity contribution in [3.8, 4) is 5.75 Å². The molecule has 0 saturated heterocycles. The van der Waals surface area contributed by atoms with Crippen molar-refractivity contribution in [2.24, 2.45) is 0 Å². The minimum Gasteiger partial charge on any atom is -0.493 e. The molecule has 1 atom stereocenters. The molecule has 5 heteroatoms. The normalized spacial score (nSPS) is 14.6. The highest BCUT2D eigenvalue weighted by atomic mass is 35.5. The van der Waals surface area contributed by atoms with E-state index in [0.717, 1.165) is 28.3 Å². The fraction of sp³-hybridized carbons (Fsp3) is 0.533. The summed E-state index contributed by atoms with van der Waals surface area (Å²) >= 11 is 6.12. The Kier molecular flexibility index (Phi) is 4.89. The predicted molar refractivity (Wildman–Crippen MR) is 80.3 cm³/mol. The van der Waals surface area contributed by atoms with Gasteiger partial charge in [0.05, 0.1) is 12.6 Å². The zero-order valence-electron chi connectivity index (χ0n) is 12.2. The summed E-state index contributed by atoms with van der Waals surface area (Å²) in [5, 5.41) is 3.96. The highest BCUT2D eigenvalue weighted by Gasteiger charge is 2.20. The van der Waals surface area contributed by atoms with Gasteiger partial charge in [0.2, 0.25) is 5.91 Å². The maximum Gasteiger partial charge on any atom is 0.239 e. The molecule has 1 N–H and O–H groups in total. The molecule has 110 valence electrons. The van der Waals surface area contributed by atoms with E-state index in [1.807, 2.05) is 26.0 Å². The quantitative estimate of drug-likeness (QED) is 0.906. The van der Waals surface area contributed by atoms with Crippen LogP contribution in [0.4, 0.5) is 0 Å². The Hall–Kier alpha value is -1.26. The van der Waals surface area contributed by atoms with E-state index in [2.05, 4.69) is 5.32 Å². The number of likely N-dealkylation sites (N-methyl/N-ethyl adjacent to an activating group) is 1. The summed E-state index contributed by atoms with van der Waals surface area (Å²) in [4.78, 5) is 13.7. The van der Waals surface area contributed by atoms with Gasteiger partial charge in [0.15, 0.2) is 0 Å². The van der Waals surface area contributed by atoms with Crippen molar-refractivity contribution in [3.05, 3.63) is 28.3 Å². The molecule has 0 fully saturated rings. The number of fused-ring (bicyclic) bond motifs is 1.